The number of benzene rings is 1. The fraction of sp³-hybridized carbons (Fsp3) is 0.571. The van der Waals surface area contributed by atoms with Gasteiger partial charge in [0.2, 0.25) is 0 Å². The largest absolute Gasteiger partial charge is 0.488 e. The summed E-state index contributed by atoms with van der Waals surface area (Å²) in [5, 5.41) is 9.87. The first-order valence-electron chi connectivity index (χ1n) is 6.56. The van der Waals surface area contributed by atoms with Gasteiger partial charge in [-0.25, -0.2) is 0 Å². The number of fused-ring (bicyclic) bond motifs is 1. The van der Waals surface area contributed by atoms with Gasteiger partial charge in [-0.05, 0) is 36.6 Å². The topological polar surface area (TPSA) is 32.7 Å². The number of hydrogen-bond acceptors (Lipinski definition) is 3. The van der Waals surface area contributed by atoms with E-state index in [-0.39, 0.29) is 12.7 Å². The Hall–Kier alpha value is -0.770. The zero-order valence-corrected chi connectivity index (χ0v) is 11.1. The molecule has 4 heteroatoms. The van der Waals surface area contributed by atoms with Gasteiger partial charge in [-0.15, -0.1) is 0 Å². The molecule has 3 nitrogen and oxygen atoms in total. The molecule has 1 aliphatic carbocycles. The number of nitrogens with zero attached hydrogens (tertiary/aromatic N) is 1. The van der Waals surface area contributed by atoms with Gasteiger partial charge in [0.1, 0.15) is 11.9 Å². The molecule has 1 aliphatic heterocycles. The van der Waals surface area contributed by atoms with Crippen LogP contribution in [0.25, 0.3) is 0 Å². The molecule has 98 valence electrons. The summed E-state index contributed by atoms with van der Waals surface area (Å²) in [6, 6.07) is 6.47. The van der Waals surface area contributed by atoms with Crippen LogP contribution in [0.3, 0.4) is 0 Å². The number of halogens is 1. The molecule has 1 saturated carbocycles. The van der Waals surface area contributed by atoms with Crippen molar-refractivity contribution in [2.24, 2.45) is 0 Å². The molecule has 1 aromatic rings. The van der Waals surface area contributed by atoms with E-state index in [0.717, 1.165) is 30.3 Å². The fourth-order valence-corrected chi connectivity index (χ4v) is 2.84. The average molecular weight is 268 g/mol. The summed E-state index contributed by atoms with van der Waals surface area (Å²) >= 11 is 5.99. The molecular weight excluding hydrogens is 250 g/mol. The molecule has 1 atom stereocenters. The normalized spacial score (nSPS) is 22.1. The number of aliphatic hydroxyl groups is 1. The summed E-state index contributed by atoms with van der Waals surface area (Å²) < 4.78 is 5.93. The molecule has 0 bridgehead atoms. The molecule has 3 rings (SSSR count). The number of rotatable bonds is 5. The third-order valence-electron chi connectivity index (χ3n) is 3.65. The van der Waals surface area contributed by atoms with E-state index in [1.807, 2.05) is 18.2 Å². The van der Waals surface area contributed by atoms with E-state index in [9.17, 15) is 0 Å². The molecule has 1 aromatic carbocycles. The maximum Gasteiger partial charge on any atom is 0.123 e. The van der Waals surface area contributed by atoms with Crippen molar-refractivity contribution in [2.75, 3.05) is 19.7 Å². The molecule has 1 fully saturated rings. The smallest absolute Gasteiger partial charge is 0.123 e. The molecule has 0 amide bonds. The van der Waals surface area contributed by atoms with Gasteiger partial charge in [-0.1, -0.05) is 11.6 Å². The van der Waals surface area contributed by atoms with Crippen molar-refractivity contribution in [3.8, 4) is 5.75 Å². The standard InChI is InChI=1S/C14H18ClNO2/c15-11-1-4-14-10(7-11)8-13(18-14)9-16(5-6-17)12-2-3-12/h1,4,7,12-13,17H,2-3,5-6,8-9H2. The van der Waals surface area contributed by atoms with Crippen molar-refractivity contribution in [3.05, 3.63) is 28.8 Å². The van der Waals surface area contributed by atoms with E-state index in [0.29, 0.717) is 6.04 Å². The minimum atomic E-state index is 0.200. The second-order valence-electron chi connectivity index (χ2n) is 5.15. The highest BCUT2D eigenvalue weighted by Crippen LogP contribution is 2.33. The Morgan fingerprint density at radius 3 is 2.94 bits per heavy atom. The van der Waals surface area contributed by atoms with Crippen LogP contribution in [0, 0.1) is 0 Å². The van der Waals surface area contributed by atoms with Gasteiger partial charge in [0.05, 0.1) is 6.61 Å². The molecule has 18 heavy (non-hydrogen) atoms. The van der Waals surface area contributed by atoms with Gasteiger partial charge in [0.25, 0.3) is 0 Å². The van der Waals surface area contributed by atoms with Crippen LogP contribution < -0.4 is 4.74 Å². The van der Waals surface area contributed by atoms with Crippen molar-refractivity contribution in [1.82, 2.24) is 4.90 Å². The second-order valence-corrected chi connectivity index (χ2v) is 5.58. The SMILES string of the molecule is OCCN(CC1Cc2cc(Cl)ccc2O1)C1CC1. The molecule has 0 spiro atoms. The highest BCUT2D eigenvalue weighted by molar-refractivity contribution is 6.30. The van der Waals surface area contributed by atoms with Gasteiger partial charge in [0, 0.05) is 30.6 Å². The minimum absolute atomic E-state index is 0.200. The van der Waals surface area contributed by atoms with Crippen LogP contribution in [0.1, 0.15) is 18.4 Å². The van der Waals surface area contributed by atoms with Gasteiger partial charge >= 0.3 is 0 Å². The number of ether oxygens (including phenoxy) is 1. The molecule has 1 unspecified atom stereocenters. The van der Waals surface area contributed by atoms with Crippen LogP contribution in [0.15, 0.2) is 18.2 Å². The summed E-state index contributed by atoms with van der Waals surface area (Å²) in [5.74, 6) is 0.962. The molecule has 2 aliphatic rings. The third-order valence-corrected chi connectivity index (χ3v) is 3.89. The zero-order chi connectivity index (χ0) is 12.5. The average Bonchev–Trinajstić information content (AvgIpc) is 3.10. The number of aliphatic hydroxyl groups excluding tert-OH is 1. The Kier molecular flexibility index (Phi) is 3.46. The van der Waals surface area contributed by atoms with E-state index in [1.54, 1.807) is 0 Å². The predicted octanol–water partition coefficient (Wildman–Crippen LogP) is 2.10. The first kappa shape index (κ1) is 12.3. The fourth-order valence-electron chi connectivity index (χ4n) is 2.64. The van der Waals surface area contributed by atoms with Crippen molar-refractivity contribution in [3.63, 3.8) is 0 Å². The van der Waals surface area contributed by atoms with Crippen LogP contribution in [-0.2, 0) is 6.42 Å². The summed E-state index contributed by atoms with van der Waals surface area (Å²) in [7, 11) is 0. The highest BCUT2D eigenvalue weighted by Gasteiger charge is 2.32. The Morgan fingerprint density at radius 1 is 1.39 bits per heavy atom. The lowest BCUT2D eigenvalue weighted by Gasteiger charge is -2.24. The van der Waals surface area contributed by atoms with Crippen LogP contribution in [0.4, 0.5) is 0 Å². The van der Waals surface area contributed by atoms with Crippen LogP contribution >= 0.6 is 11.6 Å². The van der Waals surface area contributed by atoms with E-state index in [2.05, 4.69) is 4.90 Å². The lowest BCUT2D eigenvalue weighted by molar-refractivity contribution is 0.124. The van der Waals surface area contributed by atoms with Gasteiger partial charge in [0.15, 0.2) is 0 Å². The van der Waals surface area contributed by atoms with E-state index in [1.165, 1.54) is 18.4 Å². The Morgan fingerprint density at radius 2 is 2.22 bits per heavy atom. The lowest BCUT2D eigenvalue weighted by atomic mass is 10.1. The van der Waals surface area contributed by atoms with Crippen LogP contribution in [0.2, 0.25) is 5.02 Å². The van der Waals surface area contributed by atoms with Crippen molar-refractivity contribution in [2.45, 2.75) is 31.4 Å². The molecule has 0 aromatic heterocycles. The summed E-state index contributed by atoms with van der Waals surface area (Å²) in [6.07, 6.45) is 3.63. The van der Waals surface area contributed by atoms with Crippen LogP contribution in [0.5, 0.6) is 5.75 Å². The third kappa shape index (κ3) is 2.63. The van der Waals surface area contributed by atoms with Gasteiger partial charge in [-0.2, -0.15) is 0 Å². The van der Waals surface area contributed by atoms with Crippen molar-refractivity contribution in [1.29, 1.82) is 0 Å². The molecular formula is C14H18ClNO2. The maximum atomic E-state index is 9.10. The monoisotopic (exact) mass is 267 g/mol. The van der Waals surface area contributed by atoms with E-state index in [4.69, 9.17) is 21.4 Å². The van der Waals surface area contributed by atoms with Crippen molar-refractivity contribution < 1.29 is 9.84 Å². The Labute approximate surface area is 112 Å². The summed E-state index contributed by atoms with van der Waals surface area (Å²) in [4.78, 5) is 2.35. The molecule has 0 radical (unpaired) electrons. The summed E-state index contributed by atoms with van der Waals surface area (Å²) in [5.41, 5.74) is 1.20. The maximum absolute atomic E-state index is 9.10. The lowest BCUT2D eigenvalue weighted by Crippen LogP contribution is -2.38. The molecule has 1 N–H and O–H groups in total. The highest BCUT2D eigenvalue weighted by atomic mass is 35.5. The zero-order valence-electron chi connectivity index (χ0n) is 10.3. The minimum Gasteiger partial charge on any atom is -0.488 e. The summed E-state index contributed by atoms with van der Waals surface area (Å²) in [6.45, 7) is 1.88. The Balaban J connectivity index is 1.62. The quantitative estimate of drug-likeness (QED) is 0.887. The first-order chi connectivity index (χ1) is 8.76. The first-order valence-corrected chi connectivity index (χ1v) is 6.94. The van der Waals surface area contributed by atoms with Gasteiger partial charge < -0.3 is 9.84 Å². The van der Waals surface area contributed by atoms with Crippen molar-refractivity contribution >= 4 is 11.6 Å². The van der Waals surface area contributed by atoms with Gasteiger partial charge in [-0.3, -0.25) is 4.90 Å². The molecule has 0 saturated heterocycles. The Bertz CT molecular complexity index is 434. The molecule has 1 heterocycles. The second kappa shape index (κ2) is 5.08. The van der Waals surface area contributed by atoms with E-state index >= 15 is 0 Å². The van der Waals surface area contributed by atoms with E-state index < -0.39 is 0 Å². The van der Waals surface area contributed by atoms with Crippen LogP contribution in [-0.4, -0.2) is 41.8 Å². The predicted molar refractivity (Wildman–Crippen MR) is 71.3 cm³/mol. The number of hydrogen-bond donors (Lipinski definition) is 1.